The minimum Gasteiger partial charge on any atom is -0.389 e. The van der Waals surface area contributed by atoms with Crippen molar-refractivity contribution in [3.05, 3.63) is 0 Å². The summed E-state index contributed by atoms with van der Waals surface area (Å²) in [4.78, 5) is 0. The van der Waals surface area contributed by atoms with E-state index < -0.39 is 5.60 Å². The van der Waals surface area contributed by atoms with Gasteiger partial charge in [-0.25, -0.2) is 0 Å². The maximum atomic E-state index is 10.6. The SMILES string of the molecule is CC1CCC(NCC2(O)CCCCCC2)CC1. The Morgan fingerprint density at radius 3 is 2.18 bits per heavy atom. The van der Waals surface area contributed by atoms with Gasteiger partial charge in [-0.1, -0.05) is 32.6 Å². The molecule has 0 radical (unpaired) electrons. The molecule has 0 bridgehead atoms. The Hall–Kier alpha value is -0.0800. The summed E-state index contributed by atoms with van der Waals surface area (Å²) in [5, 5.41) is 14.2. The van der Waals surface area contributed by atoms with Crippen LogP contribution in [-0.2, 0) is 0 Å². The molecule has 0 unspecified atom stereocenters. The van der Waals surface area contributed by atoms with Gasteiger partial charge in [0.25, 0.3) is 0 Å². The van der Waals surface area contributed by atoms with Gasteiger partial charge >= 0.3 is 0 Å². The molecule has 17 heavy (non-hydrogen) atoms. The summed E-state index contributed by atoms with van der Waals surface area (Å²) >= 11 is 0. The molecule has 2 nitrogen and oxygen atoms in total. The van der Waals surface area contributed by atoms with Gasteiger partial charge in [0.1, 0.15) is 0 Å². The molecule has 2 aliphatic rings. The van der Waals surface area contributed by atoms with E-state index in [1.54, 1.807) is 0 Å². The molecule has 0 saturated heterocycles. The molecule has 0 aromatic rings. The van der Waals surface area contributed by atoms with Crippen molar-refractivity contribution in [1.82, 2.24) is 5.32 Å². The molecule has 0 atom stereocenters. The number of nitrogens with one attached hydrogen (secondary N) is 1. The van der Waals surface area contributed by atoms with Crippen LogP contribution < -0.4 is 5.32 Å². The molecule has 0 heterocycles. The highest BCUT2D eigenvalue weighted by Crippen LogP contribution is 2.28. The third-order valence-corrected chi connectivity index (χ3v) is 4.77. The van der Waals surface area contributed by atoms with Crippen molar-refractivity contribution in [2.45, 2.75) is 82.8 Å². The van der Waals surface area contributed by atoms with E-state index in [9.17, 15) is 5.11 Å². The van der Waals surface area contributed by atoms with Gasteiger partial charge in [0, 0.05) is 12.6 Å². The van der Waals surface area contributed by atoms with Gasteiger partial charge in [0.2, 0.25) is 0 Å². The van der Waals surface area contributed by atoms with Crippen LogP contribution in [0.1, 0.15) is 71.1 Å². The predicted molar refractivity (Wildman–Crippen MR) is 72.1 cm³/mol. The first-order valence-corrected chi connectivity index (χ1v) is 7.64. The lowest BCUT2D eigenvalue weighted by atomic mass is 9.86. The fourth-order valence-electron chi connectivity index (χ4n) is 3.36. The predicted octanol–water partition coefficient (Wildman–Crippen LogP) is 3.24. The molecule has 2 rings (SSSR count). The van der Waals surface area contributed by atoms with Gasteiger partial charge < -0.3 is 10.4 Å². The molecule has 0 aromatic heterocycles. The third-order valence-electron chi connectivity index (χ3n) is 4.77. The molecule has 0 amide bonds. The van der Waals surface area contributed by atoms with Crippen LogP contribution in [0.3, 0.4) is 0 Å². The van der Waals surface area contributed by atoms with Crippen molar-refractivity contribution >= 4 is 0 Å². The second-order valence-corrected chi connectivity index (χ2v) is 6.48. The van der Waals surface area contributed by atoms with Gasteiger partial charge in [-0.3, -0.25) is 0 Å². The fourth-order valence-corrected chi connectivity index (χ4v) is 3.36. The average molecular weight is 239 g/mol. The quantitative estimate of drug-likeness (QED) is 0.741. The number of rotatable bonds is 3. The van der Waals surface area contributed by atoms with Crippen molar-refractivity contribution in [2.24, 2.45) is 5.92 Å². The van der Waals surface area contributed by atoms with Gasteiger partial charge in [0.15, 0.2) is 0 Å². The minimum absolute atomic E-state index is 0.403. The third kappa shape index (κ3) is 4.26. The Kier molecular flexibility index (Phi) is 4.87. The maximum absolute atomic E-state index is 10.6. The average Bonchev–Trinajstić information content (AvgIpc) is 2.54. The van der Waals surface area contributed by atoms with E-state index in [1.807, 2.05) is 0 Å². The summed E-state index contributed by atoms with van der Waals surface area (Å²) in [6, 6.07) is 0.665. The molecule has 0 spiro atoms. The molecule has 2 heteroatoms. The Labute approximate surface area is 106 Å². The summed E-state index contributed by atoms with van der Waals surface area (Å²) in [7, 11) is 0. The summed E-state index contributed by atoms with van der Waals surface area (Å²) in [6.45, 7) is 3.18. The van der Waals surface area contributed by atoms with E-state index in [-0.39, 0.29) is 0 Å². The standard InChI is InChI=1S/C15H29NO/c1-13-6-8-14(9-7-13)16-12-15(17)10-4-2-3-5-11-15/h13-14,16-17H,2-12H2,1H3. The molecular formula is C15H29NO. The van der Waals surface area contributed by atoms with Crippen LogP contribution in [0.25, 0.3) is 0 Å². The molecule has 0 aliphatic heterocycles. The van der Waals surface area contributed by atoms with Crippen LogP contribution in [0.15, 0.2) is 0 Å². The topological polar surface area (TPSA) is 32.3 Å². The van der Waals surface area contributed by atoms with Crippen molar-refractivity contribution in [2.75, 3.05) is 6.54 Å². The van der Waals surface area contributed by atoms with Crippen LogP contribution in [0.5, 0.6) is 0 Å². The van der Waals surface area contributed by atoms with E-state index in [1.165, 1.54) is 51.4 Å². The van der Waals surface area contributed by atoms with Crippen molar-refractivity contribution < 1.29 is 5.11 Å². The van der Waals surface area contributed by atoms with E-state index in [0.29, 0.717) is 6.04 Å². The smallest absolute Gasteiger partial charge is 0.0771 e. The lowest BCUT2D eigenvalue weighted by molar-refractivity contribution is 0.0211. The van der Waals surface area contributed by atoms with Crippen LogP contribution in [0, 0.1) is 5.92 Å². The zero-order valence-corrected chi connectivity index (χ0v) is 11.4. The van der Waals surface area contributed by atoms with Crippen LogP contribution in [0.2, 0.25) is 0 Å². The highest BCUT2D eigenvalue weighted by atomic mass is 16.3. The number of hydrogen-bond donors (Lipinski definition) is 2. The molecule has 0 aromatic carbocycles. The lowest BCUT2D eigenvalue weighted by Gasteiger charge is -2.32. The fraction of sp³-hybridized carbons (Fsp3) is 1.00. The molecule has 2 fully saturated rings. The van der Waals surface area contributed by atoms with Crippen molar-refractivity contribution in [3.8, 4) is 0 Å². The van der Waals surface area contributed by atoms with Crippen LogP contribution >= 0.6 is 0 Å². The molecule has 2 aliphatic carbocycles. The van der Waals surface area contributed by atoms with Gasteiger partial charge in [-0.2, -0.15) is 0 Å². The second-order valence-electron chi connectivity index (χ2n) is 6.48. The monoisotopic (exact) mass is 239 g/mol. The van der Waals surface area contributed by atoms with E-state index in [2.05, 4.69) is 12.2 Å². The van der Waals surface area contributed by atoms with E-state index >= 15 is 0 Å². The maximum Gasteiger partial charge on any atom is 0.0771 e. The van der Waals surface area contributed by atoms with Gasteiger partial charge in [-0.05, 0) is 44.4 Å². The first-order valence-electron chi connectivity index (χ1n) is 7.64. The van der Waals surface area contributed by atoms with E-state index in [4.69, 9.17) is 0 Å². The highest BCUT2D eigenvalue weighted by Gasteiger charge is 2.29. The van der Waals surface area contributed by atoms with Crippen LogP contribution in [0.4, 0.5) is 0 Å². The summed E-state index contributed by atoms with van der Waals surface area (Å²) in [6.07, 6.45) is 12.4. The lowest BCUT2D eigenvalue weighted by Crippen LogP contribution is -2.45. The largest absolute Gasteiger partial charge is 0.389 e. The van der Waals surface area contributed by atoms with Crippen molar-refractivity contribution in [1.29, 1.82) is 0 Å². The van der Waals surface area contributed by atoms with E-state index in [0.717, 1.165) is 25.3 Å². The normalized spacial score (nSPS) is 34.2. The second kappa shape index (κ2) is 6.19. The Morgan fingerprint density at radius 1 is 1.00 bits per heavy atom. The molecular weight excluding hydrogens is 210 g/mol. The molecule has 2 N–H and O–H groups in total. The zero-order chi connectivity index (χ0) is 12.1. The highest BCUT2D eigenvalue weighted by molar-refractivity contribution is 4.86. The number of aliphatic hydroxyl groups is 1. The Balaban J connectivity index is 1.72. The minimum atomic E-state index is -0.403. The van der Waals surface area contributed by atoms with Crippen LogP contribution in [-0.4, -0.2) is 23.3 Å². The summed E-state index contributed by atoms with van der Waals surface area (Å²) in [5.74, 6) is 0.911. The Morgan fingerprint density at radius 2 is 1.59 bits per heavy atom. The summed E-state index contributed by atoms with van der Waals surface area (Å²) in [5.41, 5.74) is -0.403. The van der Waals surface area contributed by atoms with Gasteiger partial charge in [-0.15, -0.1) is 0 Å². The van der Waals surface area contributed by atoms with Crippen molar-refractivity contribution in [3.63, 3.8) is 0 Å². The molecule has 100 valence electrons. The Bertz CT molecular complexity index is 213. The van der Waals surface area contributed by atoms with Gasteiger partial charge in [0.05, 0.1) is 5.60 Å². The first kappa shape index (κ1) is 13.4. The zero-order valence-electron chi connectivity index (χ0n) is 11.4. The summed E-state index contributed by atoms with van der Waals surface area (Å²) < 4.78 is 0. The molecule has 2 saturated carbocycles. The number of hydrogen-bond acceptors (Lipinski definition) is 2. The first-order chi connectivity index (χ1) is 8.18.